The molecule has 104 valence electrons. The van der Waals surface area contributed by atoms with Crippen molar-refractivity contribution in [1.82, 2.24) is 0 Å². The summed E-state index contributed by atoms with van der Waals surface area (Å²) in [5.41, 5.74) is 0.493. The van der Waals surface area contributed by atoms with Gasteiger partial charge in [-0.2, -0.15) is 0 Å². The quantitative estimate of drug-likeness (QED) is 0.871. The predicted molar refractivity (Wildman–Crippen MR) is 76.8 cm³/mol. The minimum Gasteiger partial charge on any atom is -0.493 e. The van der Waals surface area contributed by atoms with Crippen molar-refractivity contribution in [2.45, 2.75) is 37.7 Å². The smallest absolute Gasteiger partial charge is 0.165 e. The van der Waals surface area contributed by atoms with Gasteiger partial charge in [0.2, 0.25) is 0 Å². The number of hydrogen-bond donors (Lipinski definition) is 1. The lowest BCUT2D eigenvalue weighted by Crippen LogP contribution is -2.13. The van der Waals surface area contributed by atoms with Gasteiger partial charge < -0.3 is 14.6 Å². The van der Waals surface area contributed by atoms with E-state index in [4.69, 9.17) is 9.47 Å². The topological polar surface area (TPSA) is 38.7 Å². The van der Waals surface area contributed by atoms with Gasteiger partial charge >= 0.3 is 0 Å². The maximum absolute atomic E-state index is 10.2. The van der Waals surface area contributed by atoms with Crippen LogP contribution in [0, 0.1) is 5.92 Å². The summed E-state index contributed by atoms with van der Waals surface area (Å²) < 4.78 is 12.4. The van der Waals surface area contributed by atoms with Crippen molar-refractivity contribution >= 4 is 15.9 Å². The zero-order chi connectivity index (χ0) is 13.5. The fourth-order valence-corrected chi connectivity index (χ4v) is 2.65. The van der Waals surface area contributed by atoms with E-state index >= 15 is 0 Å². The van der Waals surface area contributed by atoms with Gasteiger partial charge in [0.15, 0.2) is 11.5 Å². The average molecular weight is 327 g/mol. The van der Waals surface area contributed by atoms with Gasteiger partial charge in [0.25, 0.3) is 0 Å². The van der Waals surface area contributed by atoms with Crippen molar-refractivity contribution in [2.24, 2.45) is 5.92 Å². The highest BCUT2D eigenvalue weighted by Gasteiger charge is 2.41. The molecule has 2 saturated carbocycles. The van der Waals surface area contributed by atoms with E-state index in [0.29, 0.717) is 12.3 Å². The molecule has 0 spiro atoms. The molecule has 4 heteroatoms. The molecule has 0 radical (unpaired) electrons. The van der Waals surface area contributed by atoms with Crippen molar-refractivity contribution < 1.29 is 14.6 Å². The van der Waals surface area contributed by atoms with E-state index in [2.05, 4.69) is 15.9 Å². The Balaban J connectivity index is 1.87. The predicted octanol–water partition coefficient (Wildman–Crippen LogP) is 3.31. The first-order valence-electron chi connectivity index (χ1n) is 6.82. The molecule has 2 fully saturated rings. The summed E-state index contributed by atoms with van der Waals surface area (Å²) in [5, 5.41) is 10.2. The van der Waals surface area contributed by atoms with Crippen LogP contribution in [0.2, 0.25) is 0 Å². The second-order valence-electron chi connectivity index (χ2n) is 5.71. The Hall–Kier alpha value is -0.740. The van der Waals surface area contributed by atoms with Crippen molar-refractivity contribution in [1.29, 1.82) is 0 Å². The van der Waals surface area contributed by atoms with Gasteiger partial charge in [-0.25, -0.2) is 0 Å². The van der Waals surface area contributed by atoms with Gasteiger partial charge in [0, 0.05) is 16.5 Å². The SMILES string of the molecule is COc1ccc(Br)c(CC2(O)CC2)c1OCC1CC1. The monoisotopic (exact) mass is 326 g/mol. The van der Waals surface area contributed by atoms with Gasteiger partial charge in [0.1, 0.15) is 0 Å². The highest BCUT2D eigenvalue weighted by molar-refractivity contribution is 9.10. The van der Waals surface area contributed by atoms with Crippen LogP contribution in [0.15, 0.2) is 16.6 Å². The van der Waals surface area contributed by atoms with E-state index in [0.717, 1.165) is 41.0 Å². The lowest BCUT2D eigenvalue weighted by molar-refractivity contribution is 0.148. The molecule has 0 unspecified atom stereocenters. The largest absolute Gasteiger partial charge is 0.493 e. The molecule has 1 aromatic carbocycles. The molecule has 0 aliphatic heterocycles. The molecular weight excluding hydrogens is 308 g/mol. The van der Waals surface area contributed by atoms with E-state index in [-0.39, 0.29) is 0 Å². The van der Waals surface area contributed by atoms with Gasteiger partial charge in [0.05, 0.1) is 19.3 Å². The van der Waals surface area contributed by atoms with E-state index in [1.54, 1.807) is 7.11 Å². The zero-order valence-corrected chi connectivity index (χ0v) is 12.7. The van der Waals surface area contributed by atoms with E-state index < -0.39 is 5.60 Å². The molecule has 0 bridgehead atoms. The Kier molecular flexibility index (Phi) is 3.48. The van der Waals surface area contributed by atoms with Crippen molar-refractivity contribution in [3.05, 3.63) is 22.2 Å². The Bertz CT molecular complexity index is 479. The fraction of sp³-hybridized carbons (Fsp3) is 0.600. The van der Waals surface area contributed by atoms with Crippen molar-refractivity contribution in [2.75, 3.05) is 13.7 Å². The summed E-state index contributed by atoms with van der Waals surface area (Å²) in [5.74, 6) is 2.24. The van der Waals surface area contributed by atoms with Crippen LogP contribution in [0.25, 0.3) is 0 Å². The highest BCUT2D eigenvalue weighted by atomic mass is 79.9. The molecule has 0 saturated heterocycles. The number of ether oxygens (including phenoxy) is 2. The Morgan fingerprint density at radius 3 is 2.68 bits per heavy atom. The molecule has 3 nitrogen and oxygen atoms in total. The molecule has 0 heterocycles. The molecule has 2 aliphatic carbocycles. The Morgan fingerprint density at radius 1 is 1.37 bits per heavy atom. The van der Waals surface area contributed by atoms with Crippen LogP contribution >= 0.6 is 15.9 Å². The third-order valence-corrected chi connectivity index (χ3v) is 4.62. The number of methoxy groups -OCH3 is 1. The number of benzene rings is 1. The summed E-state index contributed by atoms with van der Waals surface area (Å²) in [7, 11) is 1.66. The van der Waals surface area contributed by atoms with Crippen LogP contribution in [0.1, 0.15) is 31.2 Å². The fourth-order valence-electron chi connectivity index (χ4n) is 2.20. The van der Waals surface area contributed by atoms with Crippen LogP contribution < -0.4 is 9.47 Å². The Labute approximate surface area is 122 Å². The molecule has 0 atom stereocenters. The molecule has 1 aromatic rings. The average Bonchev–Trinajstić information content (AvgIpc) is 3.29. The zero-order valence-electron chi connectivity index (χ0n) is 11.1. The van der Waals surface area contributed by atoms with Gasteiger partial charge in [-0.3, -0.25) is 0 Å². The molecule has 2 aliphatic rings. The summed E-state index contributed by atoms with van der Waals surface area (Å²) in [6, 6.07) is 3.87. The minimum atomic E-state index is -0.535. The van der Waals surface area contributed by atoms with Gasteiger partial charge in [-0.05, 0) is 43.7 Å². The summed E-state index contributed by atoms with van der Waals surface area (Å²) in [6.45, 7) is 0.748. The van der Waals surface area contributed by atoms with Crippen molar-refractivity contribution in [3.8, 4) is 11.5 Å². The molecule has 0 aromatic heterocycles. The molecular formula is C15H19BrO3. The lowest BCUT2D eigenvalue weighted by Gasteiger charge is -2.18. The lowest BCUT2D eigenvalue weighted by atomic mass is 10.0. The minimum absolute atomic E-state index is 0.535. The second kappa shape index (κ2) is 4.98. The Morgan fingerprint density at radius 2 is 2.11 bits per heavy atom. The summed E-state index contributed by atoms with van der Waals surface area (Å²) in [6.07, 6.45) is 4.90. The van der Waals surface area contributed by atoms with Gasteiger partial charge in [-0.15, -0.1) is 0 Å². The van der Waals surface area contributed by atoms with Crippen LogP contribution in [-0.4, -0.2) is 24.4 Å². The molecule has 1 N–H and O–H groups in total. The van der Waals surface area contributed by atoms with E-state index in [1.165, 1.54) is 12.8 Å². The highest BCUT2D eigenvalue weighted by Crippen LogP contribution is 2.45. The van der Waals surface area contributed by atoms with Crippen LogP contribution in [0.3, 0.4) is 0 Å². The maximum Gasteiger partial charge on any atom is 0.165 e. The van der Waals surface area contributed by atoms with Crippen LogP contribution in [0.4, 0.5) is 0 Å². The van der Waals surface area contributed by atoms with Crippen LogP contribution in [0.5, 0.6) is 11.5 Å². The standard InChI is InChI=1S/C15H19BrO3/c1-18-13-5-4-12(16)11(8-15(17)6-7-15)14(13)19-9-10-2-3-10/h4-5,10,17H,2-3,6-9H2,1H3. The van der Waals surface area contributed by atoms with E-state index in [9.17, 15) is 5.11 Å². The summed E-state index contributed by atoms with van der Waals surface area (Å²) >= 11 is 3.57. The normalized spacial score (nSPS) is 20.2. The maximum atomic E-state index is 10.2. The number of halogens is 1. The third kappa shape index (κ3) is 3.06. The molecule has 0 amide bonds. The number of rotatable bonds is 6. The summed E-state index contributed by atoms with van der Waals surface area (Å²) in [4.78, 5) is 0. The first kappa shape index (κ1) is 13.3. The molecule has 3 rings (SSSR count). The number of hydrogen-bond acceptors (Lipinski definition) is 3. The first-order chi connectivity index (χ1) is 9.11. The third-order valence-electron chi connectivity index (χ3n) is 3.88. The first-order valence-corrected chi connectivity index (χ1v) is 7.61. The van der Waals surface area contributed by atoms with Crippen LogP contribution in [-0.2, 0) is 6.42 Å². The van der Waals surface area contributed by atoms with E-state index in [1.807, 2.05) is 12.1 Å². The van der Waals surface area contributed by atoms with Gasteiger partial charge in [-0.1, -0.05) is 15.9 Å². The second-order valence-corrected chi connectivity index (χ2v) is 6.57. The molecule has 19 heavy (non-hydrogen) atoms. The number of aliphatic hydroxyl groups is 1. The van der Waals surface area contributed by atoms with Crippen molar-refractivity contribution in [3.63, 3.8) is 0 Å².